The van der Waals surface area contributed by atoms with E-state index in [1.807, 2.05) is 6.07 Å². The Hall–Kier alpha value is -1.72. The van der Waals surface area contributed by atoms with Crippen LogP contribution in [0.3, 0.4) is 0 Å². The number of hydrogen-bond acceptors (Lipinski definition) is 2. The van der Waals surface area contributed by atoms with E-state index in [9.17, 15) is 4.79 Å². The molecule has 2 heterocycles. The summed E-state index contributed by atoms with van der Waals surface area (Å²) in [5.74, 6) is 0.289. The predicted molar refractivity (Wildman–Crippen MR) is 87.6 cm³/mol. The van der Waals surface area contributed by atoms with Crippen molar-refractivity contribution < 1.29 is 4.79 Å². The van der Waals surface area contributed by atoms with Gasteiger partial charge in [0.2, 0.25) is 0 Å². The first kappa shape index (κ1) is 15.2. The number of halogens is 2. The summed E-state index contributed by atoms with van der Waals surface area (Å²) in [6.07, 6.45) is 3.74. The summed E-state index contributed by atoms with van der Waals surface area (Å²) >= 11 is 12.0. The number of amides is 2. The van der Waals surface area contributed by atoms with Gasteiger partial charge in [-0.15, -0.1) is 0 Å². The molecule has 3 rings (SSSR count). The van der Waals surface area contributed by atoms with Gasteiger partial charge in [0.05, 0.1) is 10.7 Å². The van der Waals surface area contributed by atoms with E-state index in [2.05, 4.69) is 15.5 Å². The molecule has 1 aliphatic rings. The van der Waals surface area contributed by atoms with Gasteiger partial charge in [-0.25, -0.2) is 4.79 Å². The van der Waals surface area contributed by atoms with Crippen molar-refractivity contribution in [2.24, 2.45) is 0 Å². The van der Waals surface area contributed by atoms with Crippen molar-refractivity contribution in [2.75, 3.05) is 18.4 Å². The zero-order chi connectivity index (χ0) is 15.5. The smallest absolute Gasteiger partial charge is 0.321 e. The SMILES string of the molecule is O=C(Nc1cc(Cl)ccc1Cl)N1CCC[C@@H](c2ccn[nH]2)C1. The summed E-state index contributed by atoms with van der Waals surface area (Å²) < 4.78 is 0. The number of nitrogens with one attached hydrogen (secondary N) is 2. The number of H-pyrrole nitrogens is 1. The number of anilines is 1. The first-order chi connectivity index (χ1) is 10.6. The van der Waals surface area contributed by atoms with Crippen LogP contribution in [0.2, 0.25) is 10.0 Å². The molecule has 0 radical (unpaired) electrons. The molecule has 2 N–H and O–H groups in total. The molecule has 1 aliphatic heterocycles. The minimum Gasteiger partial charge on any atom is -0.324 e. The van der Waals surface area contributed by atoms with E-state index in [0.717, 1.165) is 25.1 Å². The molecule has 7 heteroatoms. The summed E-state index contributed by atoms with van der Waals surface area (Å²) in [5, 5.41) is 10.8. The average Bonchev–Trinajstić information content (AvgIpc) is 3.05. The third kappa shape index (κ3) is 3.36. The zero-order valence-electron chi connectivity index (χ0n) is 11.9. The molecule has 0 aliphatic carbocycles. The molecule has 5 nitrogen and oxygen atoms in total. The number of urea groups is 1. The summed E-state index contributed by atoms with van der Waals surface area (Å²) in [5.41, 5.74) is 1.60. The van der Waals surface area contributed by atoms with Gasteiger partial charge in [0, 0.05) is 35.9 Å². The van der Waals surface area contributed by atoms with Gasteiger partial charge in [0.1, 0.15) is 0 Å². The third-order valence-corrected chi connectivity index (χ3v) is 4.41. The Bertz CT molecular complexity index is 660. The number of carbonyl (C=O) groups is 1. The first-order valence-corrected chi connectivity index (χ1v) is 7.89. The number of rotatable bonds is 2. The zero-order valence-corrected chi connectivity index (χ0v) is 13.4. The van der Waals surface area contributed by atoms with Gasteiger partial charge in [-0.05, 0) is 37.1 Å². The van der Waals surface area contributed by atoms with Crippen LogP contribution in [0, 0.1) is 0 Å². The van der Waals surface area contributed by atoms with Gasteiger partial charge in [-0.2, -0.15) is 5.10 Å². The maximum atomic E-state index is 12.4. The maximum absolute atomic E-state index is 12.4. The Kier molecular flexibility index (Phi) is 4.55. The molecule has 0 unspecified atom stereocenters. The highest BCUT2D eigenvalue weighted by Gasteiger charge is 2.25. The molecular formula is C15H16Cl2N4O. The number of aromatic nitrogens is 2. The van der Waals surface area contributed by atoms with E-state index in [1.165, 1.54) is 0 Å². The van der Waals surface area contributed by atoms with E-state index in [1.54, 1.807) is 29.3 Å². The lowest BCUT2D eigenvalue weighted by Crippen LogP contribution is -2.41. The standard InChI is InChI=1S/C15H16Cl2N4O/c16-11-3-4-12(17)14(8-11)19-15(22)21-7-1-2-10(9-21)13-5-6-18-20-13/h3-6,8,10H,1-2,7,9H2,(H,18,20)(H,19,22)/t10-/m1/s1. The Morgan fingerprint density at radius 1 is 1.36 bits per heavy atom. The van der Waals surface area contributed by atoms with Crippen LogP contribution < -0.4 is 5.32 Å². The van der Waals surface area contributed by atoms with Crippen molar-refractivity contribution >= 4 is 34.9 Å². The summed E-state index contributed by atoms with van der Waals surface area (Å²) in [6, 6.07) is 6.81. The molecule has 2 amide bonds. The second-order valence-corrected chi connectivity index (χ2v) is 6.20. The van der Waals surface area contributed by atoms with Crippen molar-refractivity contribution in [2.45, 2.75) is 18.8 Å². The van der Waals surface area contributed by atoms with Crippen LogP contribution in [0.4, 0.5) is 10.5 Å². The summed E-state index contributed by atoms with van der Waals surface area (Å²) in [4.78, 5) is 14.2. The van der Waals surface area contributed by atoms with Crippen molar-refractivity contribution in [3.8, 4) is 0 Å². The van der Waals surface area contributed by atoms with Crippen LogP contribution in [0.5, 0.6) is 0 Å². The molecule has 1 saturated heterocycles. The van der Waals surface area contributed by atoms with Gasteiger partial charge in [-0.1, -0.05) is 23.2 Å². The molecule has 2 aromatic rings. The molecule has 1 aromatic carbocycles. The summed E-state index contributed by atoms with van der Waals surface area (Å²) in [7, 11) is 0. The van der Waals surface area contributed by atoms with Crippen molar-refractivity contribution in [3.63, 3.8) is 0 Å². The average molecular weight is 339 g/mol. The van der Waals surface area contributed by atoms with Crippen LogP contribution >= 0.6 is 23.2 Å². The largest absolute Gasteiger partial charge is 0.324 e. The fourth-order valence-corrected chi connectivity index (χ4v) is 3.03. The van der Waals surface area contributed by atoms with E-state index < -0.39 is 0 Å². The van der Waals surface area contributed by atoms with Gasteiger partial charge in [0.25, 0.3) is 0 Å². The van der Waals surface area contributed by atoms with E-state index in [0.29, 0.717) is 22.3 Å². The van der Waals surface area contributed by atoms with Crippen molar-refractivity contribution in [1.82, 2.24) is 15.1 Å². The summed E-state index contributed by atoms with van der Waals surface area (Å²) in [6.45, 7) is 1.39. The molecular weight excluding hydrogens is 323 g/mol. The van der Waals surface area contributed by atoms with E-state index in [-0.39, 0.29) is 11.9 Å². The highest BCUT2D eigenvalue weighted by atomic mass is 35.5. The quantitative estimate of drug-likeness (QED) is 0.864. The highest BCUT2D eigenvalue weighted by Crippen LogP contribution is 2.28. The molecule has 0 spiro atoms. The minimum atomic E-state index is -0.159. The lowest BCUT2D eigenvalue weighted by molar-refractivity contribution is 0.192. The lowest BCUT2D eigenvalue weighted by Gasteiger charge is -2.32. The van der Waals surface area contributed by atoms with Crippen molar-refractivity contribution in [3.05, 3.63) is 46.2 Å². The van der Waals surface area contributed by atoms with Gasteiger partial charge in [-0.3, -0.25) is 5.10 Å². The van der Waals surface area contributed by atoms with Gasteiger partial charge in [0.15, 0.2) is 0 Å². The van der Waals surface area contributed by atoms with Crippen LogP contribution in [0.1, 0.15) is 24.5 Å². The number of benzene rings is 1. The molecule has 22 heavy (non-hydrogen) atoms. The number of likely N-dealkylation sites (tertiary alicyclic amines) is 1. The Balaban J connectivity index is 1.68. The second-order valence-electron chi connectivity index (χ2n) is 5.35. The fourth-order valence-electron chi connectivity index (χ4n) is 2.70. The highest BCUT2D eigenvalue weighted by molar-refractivity contribution is 6.35. The molecule has 0 saturated carbocycles. The van der Waals surface area contributed by atoms with Crippen LogP contribution in [-0.2, 0) is 0 Å². The first-order valence-electron chi connectivity index (χ1n) is 7.14. The van der Waals surface area contributed by atoms with Gasteiger partial charge >= 0.3 is 6.03 Å². The Morgan fingerprint density at radius 3 is 3.00 bits per heavy atom. The fraction of sp³-hybridized carbons (Fsp3) is 0.333. The minimum absolute atomic E-state index is 0.159. The number of carbonyl (C=O) groups excluding carboxylic acids is 1. The molecule has 116 valence electrons. The Morgan fingerprint density at radius 2 is 2.23 bits per heavy atom. The predicted octanol–water partition coefficient (Wildman–Crippen LogP) is 4.13. The third-order valence-electron chi connectivity index (χ3n) is 3.84. The number of hydrogen-bond donors (Lipinski definition) is 2. The second kappa shape index (κ2) is 6.58. The van der Waals surface area contributed by atoms with Crippen LogP contribution in [0.15, 0.2) is 30.5 Å². The van der Waals surface area contributed by atoms with Crippen LogP contribution in [0.25, 0.3) is 0 Å². The number of nitrogens with zero attached hydrogens (tertiary/aromatic N) is 2. The topological polar surface area (TPSA) is 61.0 Å². The van der Waals surface area contributed by atoms with E-state index in [4.69, 9.17) is 23.2 Å². The Labute approximate surface area is 138 Å². The molecule has 1 atom stereocenters. The monoisotopic (exact) mass is 338 g/mol. The number of aromatic amines is 1. The van der Waals surface area contributed by atoms with Gasteiger partial charge < -0.3 is 10.2 Å². The van der Waals surface area contributed by atoms with Crippen LogP contribution in [-0.4, -0.2) is 34.2 Å². The molecule has 1 aromatic heterocycles. The number of piperidine rings is 1. The van der Waals surface area contributed by atoms with Crippen molar-refractivity contribution in [1.29, 1.82) is 0 Å². The normalized spacial score (nSPS) is 18.3. The molecule has 0 bridgehead atoms. The lowest BCUT2D eigenvalue weighted by atomic mass is 9.95. The van der Waals surface area contributed by atoms with E-state index >= 15 is 0 Å². The maximum Gasteiger partial charge on any atom is 0.321 e. The molecule has 1 fully saturated rings.